The van der Waals surface area contributed by atoms with Crippen LogP contribution in [0, 0.1) is 5.82 Å². The topological polar surface area (TPSA) is 110 Å². The fraction of sp³-hybridized carbons (Fsp3) is 0.100. The zero-order chi connectivity index (χ0) is 28.9. The lowest BCUT2D eigenvalue weighted by Crippen LogP contribution is -2.30. The highest BCUT2D eigenvalue weighted by molar-refractivity contribution is 8.00. The van der Waals surface area contributed by atoms with Crippen LogP contribution in [0.4, 0.5) is 9.52 Å². The van der Waals surface area contributed by atoms with Gasteiger partial charge in [-0.2, -0.15) is 0 Å². The minimum atomic E-state index is -1.04. The van der Waals surface area contributed by atoms with E-state index in [9.17, 15) is 23.9 Å². The van der Waals surface area contributed by atoms with E-state index in [2.05, 4.69) is 10.2 Å². The van der Waals surface area contributed by atoms with Crippen LogP contribution in [0.15, 0.2) is 101 Å². The van der Waals surface area contributed by atoms with E-state index in [1.165, 1.54) is 48.0 Å². The van der Waals surface area contributed by atoms with Crippen molar-refractivity contribution in [2.75, 3.05) is 12.0 Å². The molecule has 8 nitrogen and oxygen atoms in total. The summed E-state index contributed by atoms with van der Waals surface area (Å²) in [5.74, 6) is -2.67. The fourth-order valence-electron chi connectivity index (χ4n) is 4.23. The molecule has 1 amide bonds. The van der Waals surface area contributed by atoms with Crippen LogP contribution >= 0.6 is 23.1 Å². The molecule has 4 aromatic rings. The van der Waals surface area contributed by atoms with Crippen molar-refractivity contribution in [2.45, 2.75) is 16.1 Å². The molecule has 5 rings (SSSR count). The second-order valence-electron chi connectivity index (χ2n) is 8.79. The summed E-state index contributed by atoms with van der Waals surface area (Å²) in [6, 6.07) is 20.7. The van der Waals surface area contributed by atoms with Gasteiger partial charge in [0.1, 0.15) is 5.82 Å². The molecule has 11 heteroatoms. The smallest absolute Gasteiger partial charge is 0.337 e. The van der Waals surface area contributed by atoms with Gasteiger partial charge in [-0.25, -0.2) is 9.18 Å². The summed E-state index contributed by atoms with van der Waals surface area (Å²) in [5, 5.41) is 19.4. The summed E-state index contributed by atoms with van der Waals surface area (Å²) < 4.78 is 19.3. The van der Waals surface area contributed by atoms with Crippen molar-refractivity contribution >= 4 is 52.0 Å². The highest BCUT2D eigenvalue weighted by Crippen LogP contribution is 2.43. The summed E-state index contributed by atoms with van der Waals surface area (Å²) in [6.07, 6.45) is 2.89. The number of benzene rings is 3. The number of aliphatic hydroxyl groups is 1. The molecular formula is C30H22FN3O5S2. The third kappa shape index (κ3) is 5.96. The predicted octanol–water partition coefficient (Wildman–Crippen LogP) is 5.94. The molecule has 0 saturated carbocycles. The van der Waals surface area contributed by atoms with E-state index in [0.717, 1.165) is 16.9 Å². The SMILES string of the molecule is COC(=O)c1ccc(C2C(C(=O)C=Cc3ccccc3)=C(O)C(=O)N2c2nnc(SCc3ccccc3F)s2)cc1. The highest BCUT2D eigenvalue weighted by Gasteiger charge is 2.45. The van der Waals surface area contributed by atoms with Gasteiger partial charge in [0.25, 0.3) is 5.91 Å². The minimum Gasteiger partial charge on any atom is -0.503 e. The van der Waals surface area contributed by atoms with E-state index in [1.54, 1.807) is 36.4 Å². The van der Waals surface area contributed by atoms with Crippen LogP contribution in [0.5, 0.6) is 0 Å². The quantitative estimate of drug-likeness (QED) is 0.111. The van der Waals surface area contributed by atoms with Gasteiger partial charge >= 0.3 is 5.97 Å². The number of ether oxygens (including phenoxy) is 1. The second kappa shape index (κ2) is 12.3. The van der Waals surface area contributed by atoms with Crippen LogP contribution in [0.3, 0.4) is 0 Å². The first-order valence-corrected chi connectivity index (χ1v) is 14.1. The molecule has 1 aliphatic heterocycles. The lowest BCUT2D eigenvalue weighted by atomic mass is 9.95. The van der Waals surface area contributed by atoms with Crippen molar-refractivity contribution in [3.63, 3.8) is 0 Å². The van der Waals surface area contributed by atoms with Gasteiger partial charge in [-0.1, -0.05) is 89.8 Å². The summed E-state index contributed by atoms with van der Waals surface area (Å²) in [7, 11) is 1.27. The number of rotatable bonds is 9. The number of nitrogens with zero attached hydrogens (tertiary/aromatic N) is 3. The third-order valence-electron chi connectivity index (χ3n) is 6.26. The van der Waals surface area contributed by atoms with Gasteiger partial charge in [-0.05, 0) is 41.0 Å². The molecule has 2 heterocycles. The maximum Gasteiger partial charge on any atom is 0.337 e. The Morgan fingerprint density at radius 1 is 1.05 bits per heavy atom. The summed E-state index contributed by atoms with van der Waals surface area (Å²) in [6.45, 7) is 0. The summed E-state index contributed by atoms with van der Waals surface area (Å²) in [5.41, 5.74) is 1.86. The monoisotopic (exact) mass is 587 g/mol. The first-order chi connectivity index (χ1) is 19.9. The van der Waals surface area contributed by atoms with E-state index in [-0.39, 0.29) is 22.1 Å². The Balaban J connectivity index is 1.48. The van der Waals surface area contributed by atoms with Crippen molar-refractivity contribution in [3.8, 4) is 0 Å². The standard InChI is InChI=1S/C30H22FN3O5S2/c1-39-28(38)20-14-12-19(13-15-20)25-24(23(35)16-11-18-7-3-2-4-8-18)26(36)27(37)34(25)29-32-33-30(41-29)40-17-21-9-5-6-10-22(21)31/h2-16,25,36H,17H2,1H3. The Kier molecular flexibility index (Phi) is 8.37. The molecule has 0 spiro atoms. The summed E-state index contributed by atoms with van der Waals surface area (Å²) >= 11 is 2.33. The number of amides is 1. The van der Waals surface area contributed by atoms with Gasteiger partial charge in [0.05, 0.1) is 24.3 Å². The molecule has 0 saturated heterocycles. The second-order valence-corrected chi connectivity index (χ2v) is 11.0. The number of ketones is 1. The maximum absolute atomic E-state index is 14.1. The van der Waals surface area contributed by atoms with Crippen LogP contribution in [-0.4, -0.2) is 40.1 Å². The Hall–Kier alpha value is -4.61. The molecule has 0 aliphatic carbocycles. The van der Waals surface area contributed by atoms with E-state index in [1.807, 2.05) is 30.3 Å². The molecule has 0 fully saturated rings. The van der Waals surface area contributed by atoms with E-state index < -0.39 is 29.5 Å². The molecule has 0 radical (unpaired) electrons. The van der Waals surface area contributed by atoms with Gasteiger partial charge in [0, 0.05) is 5.75 Å². The first-order valence-electron chi connectivity index (χ1n) is 12.3. The number of hydrogen-bond acceptors (Lipinski definition) is 9. The zero-order valence-electron chi connectivity index (χ0n) is 21.6. The number of aliphatic hydroxyl groups excluding tert-OH is 1. The largest absolute Gasteiger partial charge is 0.503 e. The Labute approximate surface area is 242 Å². The molecule has 0 bridgehead atoms. The van der Waals surface area contributed by atoms with Crippen molar-refractivity contribution in [2.24, 2.45) is 0 Å². The Bertz CT molecular complexity index is 1670. The highest BCUT2D eigenvalue weighted by atomic mass is 32.2. The number of carbonyl (C=O) groups is 3. The van der Waals surface area contributed by atoms with Crippen molar-refractivity contribution in [3.05, 3.63) is 124 Å². The van der Waals surface area contributed by atoms with E-state index >= 15 is 0 Å². The van der Waals surface area contributed by atoms with Gasteiger partial charge < -0.3 is 9.84 Å². The maximum atomic E-state index is 14.1. The third-order valence-corrected chi connectivity index (χ3v) is 8.36. The molecule has 1 aliphatic rings. The fourth-order valence-corrected chi connectivity index (χ4v) is 6.08. The molecule has 41 heavy (non-hydrogen) atoms. The average molecular weight is 588 g/mol. The molecule has 1 unspecified atom stereocenters. The summed E-state index contributed by atoms with van der Waals surface area (Å²) in [4.78, 5) is 40.0. The lowest BCUT2D eigenvalue weighted by molar-refractivity contribution is -0.117. The van der Waals surface area contributed by atoms with Gasteiger partial charge in [0.15, 0.2) is 15.9 Å². The number of allylic oxidation sites excluding steroid dienone is 1. The van der Waals surface area contributed by atoms with Crippen molar-refractivity contribution in [1.82, 2.24) is 10.2 Å². The zero-order valence-corrected chi connectivity index (χ0v) is 23.2. The van der Waals surface area contributed by atoms with E-state index in [4.69, 9.17) is 4.74 Å². The number of halogens is 1. The molecule has 3 aromatic carbocycles. The normalized spacial score (nSPS) is 15.1. The number of aromatic nitrogens is 2. The van der Waals surface area contributed by atoms with Gasteiger partial charge in [-0.15, -0.1) is 10.2 Å². The van der Waals surface area contributed by atoms with Crippen LogP contribution in [0.2, 0.25) is 0 Å². The molecule has 1 atom stereocenters. The number of methoxy groups -OCH3 is 1. The first kappa shape index (κ1) is 27.9. The van der Waals surface area contributed by atoms with Crippen LogP contribution in [-0.2, 0) is 20.1 Å². The van der Waals surface area contributed by atoms with Crippen molar-refractivity contribution < 1.29 is 28.6 Å². The van der Waals surface area contributed by atoms with Crippen molar-refractivity contribution in [1.29, 1.82) is 0 Å². The molecule has 1 aromatic heterocycles. The molecule has 206 valence electrons. The number of hydrogen-bond donors (Lipinski definition) is 1. The van der Waals surface area contributed by atoms with Gasteiger partial charge in [-0.3, -0.25) is 14.5 Å². The van der Waals surface area contributed by atoms with Crippen LogP contribution < -0.4 is 4.90 Å². The Morgan fingerprint density at radius 2 is 1.76 bits per heavy atom. The average Bonchev–Trinajstić information content (AvgIpc) is 3.57. The number of thioether (sulfide) groups is 1. The number of anilines is 1. The minimum absolute atomic E-state index is 0.135. The van der Waals surface area contributed by atoms with Crippen LogP contribution in [0.25, 0.3) is 6.08 Å². The number of esters is 1. The molecular weight excluding hydrogens is 565 g/mol. The molecule has 1 N–H and O–H groups in total. The van der Waals surface area contributed by atoms with E-state index in [0.29, 0.717) is 21.2 Å². The Morgan fingerprint density at radius 3 is 2.46 bits per heavy atom. The predicted molar refractivity (Wildman–Crippen MR) is 154 cm³/mol. The van der Waals surface area contributed by atoms with Gasteiger partial charge in [0.2, 0.25) is 5.13 Å². The lowest BCUT2D eigenvalue weighted by Gasteiger charge is -2.23. The number of carbonyl (C=O) groups excluding carboxylic acids is 3. The van der Waals surface area contributed by atoms with Crippen LogP contribution in [0.1, 0.15) is 33.1 Å².